The number of aryl methyl sites for hydroxylation is 1. The van der Waals surface area contributed by atoms with Gasteiger partial charge in [0, 0.05) is 54.1 Å². The van der Waals surface area contributed by atoms with Gasteiger partial charge in [-0.1, -0.05) is 17.3 Å². The number of aromatic nitrogens is 7. The van der Waals surface area contributed by atoms with Gasteiger partial charge in [-0.25, -0.2) is 4.98 Å². The number of hydrogen-bond acceptors (Lipinski definition) is 8. The molecule has 0 spiro atoms. The van der Waals surface area contributed by atoms with Crippen molar-refractivity contribution in [3.05, 3.63) is 42.4 Å². The van der Waals surface area contributed by atoms with E-state index in [0.29, 0.717) is 37.7 Å². The number of carbonyl (C=O) groups is 1. The zero-order chi connectivity index (χ0) is 25.4. The van der Waals surface area contributed by atoms with Crippen LogP contribution in [0.1, 0.15) is 44.2 Å². The van der Waals surface area contributed by atoms with Gasteiger partial charge >= 0.3 is 0 Å². The molecule has 37 heavy (non-hydrogen) atoms. The number of nitrogens with zero attached hydrogens (tertiary/aromatic N) is 7. The van der Waals surface area contributed by atoms with Crippen LogP contribution in [0.15, 0.2) is 36.7 Å². The Bertz CT molecular complexity index is 1400. The van der Waals surface area contributed by atoms with Crippen LogP contribution in [0.4, 0.5) is 5.95 Å². The first-order valence-corrected chi connectivity index (χ1v) is 13.0. The lowest BCUT2D eigenvalue weighted by atomic mass is 9.85. The number of piperidine rings is 1. The van der Waals surface area contributed by atoms with Crippen molar-refractivity contribution >= 4 is 22.9 Å². The second-order valence-corrected chi connectivity index (χ2v) is 10.1. The summed E-state index contributed by atoms with van der Waals surface area (Å²) in [5.74, 6) is 1.49. The maximum Gasteiger partial charge on any atom is 0.225 e. The number of aromatic amines is 1. The Morgan fingerprint density at radius 1 is 1.08 bits per heavy atom. The Balaban J connectivity index is 1.14. The molecule has 0 bridgehead atoms. The number of aliphatic hydroxyl groups excluding tert-OH is 1. The number of nitrogens with one attached hydrogen (secondary N) is 2. The number of amides is 1. The standard InChI is InChI=1S/C26H31N9O2/c1-16-21(15-28-31-16)20-3-2-4-22-24(20)32-33-35(22)23-9-12-27-26(30-23)29-18-7-5-17(6-8-18)25(37)34-13-10-19(36)11-14-34/h2-4,9,12,15,17-19,36H,5-8,10-11,13-14H2,1H3,(H,28,31)(H,27,29,30). The third kappa shape index (κ3) is 4.66. The number of anilines is 1. The molecule has 0 unspecified atom stereocenters. The highest BCUT2D eigenvalue weighted by Gasteiger charge is 2.31. The predicted octanol–water partition coefficient (Wildman–Crippen LogP) is 2.86. The molecular formula is C26H31N9O2. The summed E-state index contributed by atoms with van der Waals surface area (Å²) in [6, 6.07) is 8.01. The molecule has 3 N–H and O–H groups in total. The molecule has 4 heterocycles. The first kappa shape index (κ1) is 23.5. The summed E-state index contributed by atoms with van der Waals surface area (Å²) < 4.78 is 1.73. The molecule has 1 aliphatic carbocycles. The number of H-pyrrole nitrogens is 1. The van der Waals surface area contributed by atoms with Crippen molar-refractivity contribution in [3.63, 3.8) is 0 Å². The Morgan fingerprint density at radius 3 is 2.65 bits per heavy atom. The monoisotopic (exact) mass is 501 g/mol. The molecule has 2 fully saturated rings. The third-order valence-electron chi connectivity index (χ3n) is 7.64. The van der Waals surface area contributed by atoms with E-state index in [0.717, 1.165) is 53.5 Å². The first-order valence-electron chi connectivity index (χ1n) is 13.0. The number of hydrogen-bond donors (Lipinski definition) is 3. The molecule has 3 aromatic heterocycles. The maximum atomic E-state index is 12.9. The molecule has 1 saturated heterocycles. The van der Waals surface area contributed by atoms with E-state index in [1.54, 1.807) is 17.1 Å². The number of fused-ring (bicyclic) bond motifs is 1. The highest BCUT2D eigenvalue weighted by atomic mass is 16.3. The molecule has 2 aliphatic rings. The van der Waals surface area contributed by atoms with Gasteiger partial charge in [0.15, 0.2) is 5.82 Å². The van der Waals surface area contributed by atoms with Crippen molar-refractivity contribution in [1.82, 2.24) is 40.1 Å². The lowest BCUT2D eigenvalue weighted by Gasteiger charge is -2.35. The van der Waals surface area contributed by atoms with Crippen LogP contribution in [-0.2, 0) is 4.79 Å². The lowest BCUT2D eigenvalue weighted by molar-refractivity contribution is -0.138. The van der Waals surface area contributed by atoms with E-state index >= 15 is 0 Å². The van der Waals surface area contributed by atoms with Crippen LogP contribution >= 0.6 is 0 Å². The van der Waals surface area contributed by atoms with Gasteiger partial charge in [-0.05, 0) is 51.5 Å². The van der Waals surface area contributed by atoms with E-state index < -0.39 is 0 Å². The first-order chi connectivity index (χ1) is 18.1. The Labute approximate surface area is 214 Å². The molecule has 0 atom stereocenters. The molecule has 11 heteroatoms. The molecule has 192 valence electrons. The van der Waals surface area contributed by atoms with E-state index in [-0.39, 0.29) is 24.0 Å². The second kappa shape index (κ2) is 9.89. The minimum Gasteiger partial charge on any atom is -0.393 e. The van der Waals surface area contributed by atoms with Crippen molar-refractivity contribution in [2.24, 2.45) is 5.92 Å². The molecular weight excluding hydrogens is 470 g/mol. The van der Waals surface area contributed by atoms with E-state index in [4.69, 9.17) is 4.98 Å². The van der Waals surface area contributed by atoms with Crippen molar-refractivity contribution in [2.45, 2.75) is 57.6 Å². The Hall–Kier alpha value is -3.86. The molecule has 1 aromatic carbocycles. The second-order valence-electron chi connectivity index (χ2n) is 10.1. The van der Waals surface area contributed by atoms with Crippen LogP contribution in [0.5, 0.6) is 0 Å². The minimum absolute atomic E-state index is 0.0649. The largest absolute Gasteiger partial charge is 0.393 e. The molecule has 6 rings (SSSR count). The number of carbonyl (C=O) groups excluding carboxylic acids is 1. The van der Waals surface area contributed by atoms with Crippen molar-refractivity contribution in [2.75, 3.05) is 18.4 Å². The maximum absolute atomic E-state index is 12.9. The van der Waals surface area contributed by atoms with Gasteiger partial charge < -0.3 is 15.3 Å². The summed E-state index contributed by atoms with van der Waals surface area (Å²) in [5.41, 5.74) is 4.57. The summed E-state index contributed by atoms with van der Waals surface area (Å²) >= 11 is 0. The van der Waals surface area contributed by atoms with Gasteiger partial charge in [-0.15, -0.1) is 5.10 Å². The van der Waals surface area contributed by atoms with Crippen LogP contribution in [0.3, 0.4) is 0 Å². The average Bonchev–Trinajstić information content (AvgIpc) is 3.55. The van der Waals surface area contributed by atoms with Crippen LogP contribution in [0.25, 0.3) is 28.0 Å². The average molecular weight is 502 g/mol. The van der Waals surface area contributed by atoms with E-state index in [9.17, 15) is 9.90 Å². The summed E-state index contributed by atoms with van der Waals surface area (Å²) in [6.45, 7) is 3.31. The lowest BCUT2D eigenvalue weighted by Crippen LogP contribution is -2.44. The Morgan fingerprint density at radius 2 is 1.89 bits per heavy atom. The summed E-state index contributed by atoms with van der Waals surface area (Å²) in [6.07, 6.45) is 8.09. The molecule has 11 nitrogen and oxygen atoms in total. The molecule has 1 amide bonds. The van der Waals surface area contributed by atoms with Gasteiger partial charge in [-0.3, -0.25) is 9.89 Å². The zero-order valence-corrected chi connectivity index (χ0v) is 20.8. The fourth-order valence-corrected chi connectivity index (χ4v) is 5.50. The van der Waals surface area contributed by atoms with Crippen LogP contribution in [0.2, 0.25) is 0 Å². The normalized spacial score (nSPS) is 20.9. The number of rotatable bonds is 5. The summed E-state index contributed by atoms with van der Waals surface area (Å²) in [4.78, 5) is 24.0. The summed E-state index contributed by atoms with van der Waals surface area (Å²) in [7, 11) is 0. The predicted molar refractivity (Wildman–Crippen MR) is 138 cm³/mol. The fourth-order valence-electron chi connectivity index (χ4n) is 5.50. The SMILES string of the molecule is Cc1[nH]ncc1-c1cccc2c1nnn2-c1ccnc(NC2CCC(C(=O)N3CCC(O)CC3)CC2)n1. The van der Waals surface area contributed by atoms with Gasteiger partial charge in [0.1, 0.15) is 5.52 Å². The van der Waals surface area contributed by atoms with Crippen molar-refractivity contribution in [3.8, 4) is 16.9 Å². The van der Waals surface area contributed by atoms with Gasteiger partial charge in [0.05, 0.1) is 17.8 Å². The van der Waals surface area contributed by atoms with E-state index in [1.165, 1.54) is 0 Å². The Kier molecular flexibility index (Phi) is 6.29. The number of benzene rings is 1. The number of aliphatic hydroxyl groups is 1. The highest BCUT2D eigenvalue weighted by molar-refractivity contribution is 5.92. The molecule has 1 saturated carbocycles. The van der Waals surface area contributed by atoms with Crippen LogP contribution in [-0.4, -0.2) is 76.3 Å². The molecule has 1 aliphatic heterocycles. The highest BCUT2D eigenvalue weighted by Crippen LogP contribution is 2.30. The van der Waals surface area contributed by atoms with E-state index in [1.807, 2.05) is 36.1 Å². The van der Waals surface area contributed by atoms with Crippen LogP contribution in [0, 0.1) is 12.8 Å². The van der Waals surface area contributed by atoms with Crippen molar-refractivity contribution < 1.29 is 9.90 Å². The van der Waals surface area contributed by atoms with Crippen molar-refractivity contribution in [1.29, 1.82) is 0 Å². The van der Waals surface area contributed by atoms with Gasteiger partial charge in [-0.2, -0.15) is 14.8 Å². The fraction of sp³-hybridized carbons (Fsp3) is 0.462. The molecule has 4 aromatic rings. The smallest absolute Gasteiger partial charge is 0.225 e. The third-order valence-corrected chi connectivity index (χ3v) is 7.64. The minimum atomic E-state index is -0.266. The van der Waals surface area contributed by atoms with Gasteiger partial charge in [0.25, 0.3) is 0 Å². The quantitative estimate of drug-likeness (QED) is 0.380. The number of likely N-dealkylation sites (tertiary alicyclic amines) is 1. The summed E-state index contributed by atoms with van der Waals surface area (Å²) in [5, 5.41) is 29.1. The topological polar surface area (TPSA) is 138 Å². The van der Waals surface area contributed by atoms with E-state index in [2.05, 4.69) is 30.8 Å². The molecule has 0 radical (unpaired) electrons. The van der Waals surface area contributed by atoms with Gasteiger partial charge in [0.2, 0.25) is 11.9 Å². The van der Waals surface area contributed by atoms with Crippen LogP contribution < -0.4 is 5.32 Å². The zero-order valence-electron chi connectivity index (χ0n) is 20.8.